The normalized spacial score (nSPS) is 10.5. The number of benzene rings is 2. The van der Waals surface area contributed by atoms with Gasteiger partial charge in [0, 0.05) is 5.56 Å². The van der Waals surface area contributed by atoms with Gasteiger partial charge in [0.2, 0.25) is 0 Å². The molecule has 2 aromatic rings. The predicted octanol–water partition coefficient (Wildman–Crippen LogP) is 3.31. The van der Waals surface area contributed by atoms with Crippen LogP contribution in [0.25, 0.3) is 10.8 Å². The summed E-state index contributed by atoms with van der Waals surface area (Å²) in [5.74, 6) is -0.208. The summed E-state index contributed by atoms with van der Waals surface area (Å²) in [6, 6.07) is 11.7. The van der Waals surface area contributed by atoms with Crippen molar-refractivity contribution < 1.29 is 9.59 Å². The molecule has 2 rings (SSSR count). The zero-order valence-corrected chi connectivity index (χ0v) is 9.99. The van der Waals surface area contributed by atoms with Crippen LogP contribution >= 0.6 is 0 Å². The monoisotopic (exact) mass is 226 g/mol. The minimum absolute atomic E-state index is 0.0165. The quantitative estimate of drug-likeness (QED) is 0.594. The number of carbonyl (C=O) groups is 2. The molecule has 2 heteroatoms. The van der Waals surface area contributed by atoms with E-state index in [0.717, 1.165) is 16.3 Å². The Morgan fingerprint density at radius 3 is 2.41 bits per heavy atom. The van der Waals surface area contributed by atoms with Crippen molar-refractivity contribution in [1.29, 1.82) is 0 Å². The Hall–Kier alpha value is -1.96. The third-order valence-corrected chi connectivity index (χ3v) is 2.73. The first kappa shape index (κ1) is 11.5. The fourth-order valence-electron chi connectivity index (χ4n) is 1.87. The van der Waals surface area contributed by atoms with Crippen molar-refractivity contribution in [2.75, 3.05) is 0 Å². The van der Waals surface area contributed by atoms with E-state index >= 15 is 0 Å². The van der Waals surface area contributed by atoms with Crippen molar-refractivity contribution in [2.45, 2.75) is 20.3 Å². The van der Waals surface area contributed by atoms with Crippen molar-refractivity contribution in [3.63, 3.8) is 0 Å². The second-order valence-corrected chi connectivity index (χ2v) is 4.37. The van der Waals surface area contributed by atoms with Gasteiger partial charge in [-0.25, -0.2) is 0 Å². The lowest BCUT2D eigenvalue weighted by Crippen LogP contribution is -2.04. The molecule has 0 fully saturated rings. The van der Waals surface area contributed by atoms with E-state index < -0.39 is 0 Å². The van der Waals surface area contributed by atoms with Gasteiger partial charge >= 0.3 is 0 Å². The van der Waals surface area contributed by atoms with Crippen molar-refractivity contribution in [3.8, 4) is 0 Å². The molecule has 0 aliphatic rings. The van der Waals surface area contributed by atoms with Crippen LogP contribution in [0.2, 0.25) is 0 Å². The first-order valence-electron chi connectivity index (χ1n) is 5.59. The molecule has 0 saturated carbocycles. The van der Waals surface area contributed by atoms with Gasteiger partial charge in [0.1, 0.15) is 5.78 Å². The molecule has 0 radical (unpaired) electrons. The second-order valence-electron chi connectivity index (χ2n) is 4.37. The first-order chi connectivity index (χ1) is 8.06. The number of fused-ring (bicyclic) bond motifs is 1. The number of Topliss-reactive ketones (excluding diaryl/α,β-unsaturated/α-hetero) is 2. The zero-order valence-electron chi connectivity index (χ0n) is 9.99. The van der Waals surface area contributed by atoms with E-state index in [9.17, 15) is 9.59 Å². The molecule has 86 valence electrons. The van der Waals surface area contributed by atoms with E-state index in [4.69, 9.17) is 0 Å². The molecule has 0 aromatic heterocycles. The largest absolute Gasteiger partial charge is 0.300 e. The summed E-state index contributed by atoms with van der Waals surface area (Å²) in [7, 11) is 0. The van der Waals surface area contributed by atoms with E-state index in [-0.39, 0.29) is 18.0 Å². The molecule has 2 aromatic carbocycles. The van der Waals surface area contributed by atoms with Gasteiger partial charge in [-0.15, -0.1) is 0 Å². The molecule has 0 heterocycles. The molecule has 17 heavy (non-hydrogen) atoms. The van der Waals surface area contributed by atoms with Crippen LogP contribution in [0, 0.1) is 6.92 Å². The summed E-state index contributed by atoms with van der Waals surface area (Å²) in [6.07, 6.45) is -0.0165. The summed E-state index contributed by atoms with van der Waals surface area (Å²) in [6.45, 7) is 3.45. The lowest BCUT2D eigenvalue weighted by molar-refractivity contribution is -0.116. The van der Waals surface area contributed by atoms with Crippen molar-refractivity contribution in [3.05, 3.63) is 47.5 Å². The topological polar surface area (TPSA) is 34.1 Å². The average molecular weight is 226 g/mol. The van der Waals surface area contributed by atoms with Gasteiger partial charge in [0.25, 0.3) is 0 Å². The van der Waals surface area contributed by atoms with E-state index in [1.807, 2.05) is 37.3 Å². The van der Waals surface area contributed by atoms with Crippen molar-refractivity contribution in [1.82, 2.24) is 0 Å². The van der Waals surface area contributed by atoms with E-state index in [0.29, 0.717) is 5.56 Å². The van der Waals surface area contributed by atoms with E-state index in [1.165, 1.54) is 6.92 Å². The van der Waals surface area contributed by atoms with E-state index in [2.05, 4.69) is 0 Å². The Bertz CT molecular complexity index is 597. The number of hydrogen-bond acceptors (Lipinski definition) is 2. The molecule has 0 saturated heterocycles. The number of hydrogen-bond donors (Lipinski definition) is 0. The molecule has 0 aliphatic heterocycles. The third-order valence-electron chi connectivity index (χ3n) is 2.73. The van der Waals surface area contributed by atoms with Crippen LogP contribution in [0.4, 0.5) is 0 Å². The van der Waals surface area contributed by atoms with E-state index in [1.54, 1.807) is 6.07 Å². The highest BCUT2D eigenvalue weighted by atomic mass is 16.1. The number of rotatable bonds is 3. The Labute approximate surface area is 100 Å². The smallest absolute Gasteiger partial charge is 0.170 e. The maximum Gasteiger partial charge on any atom is 0.170 e. The van der Waals surface area contributed by atoms with Gasteiger partial charge in [-0.05, 0) is 30.7 Å². The summed E-state index contributed by atoms with van der Waals surface area (Å²) < 4.78 is 0. The molecule has 0 atom stereocenters. The molecule has 0 aliphatic carbocycles. The van der Waals surface area contributed by atoms with Crippen molar-refractivity contribution in [2.24, 2.45) is 0 Å². The molecular weight excluding hydrogens is 212 g/mol. The summed E-state index contributed by atoms with van der Waals surface area (Å²) >= 11 is 0. The van der Waals surface area contributed by atoms with Gasteiger partial charge in [-0.1, -0.05) is 35.9 Å². The highest BCUT2D eigenvalue weighted by Crippen LogP contribution is 2.18. The summed E-state index contributed by atoms with van der Waals surface area (Å²) in [5.41, 5.74) is 1.77. The van der Waals surface area contributed by atoms with Gasteiger partial charge in [-0.3, -0.25) is 9.59 Å². The molecule has 0 spiro atoms. The molecule has 0 N–H and O–H groups in total. The van der Waals surface area contributed by atoms with Crippen LogP contribution in [0.5, 0.6) is 0 Å². The van der Waals surface area contributed by atoms with Gasteiger partial charge in [-0.2, -0.15) is 0 Å². The average Bonchev–Trinajstić information content (AvgIpc) is 2.27. The lowest BCUT2D eigenvalue weighted by Gasteiger charge is -2.03. The summed E-state index contributed by atoms with van der Waals surface area (Å²) in [5, 5.41) is 2.15. The number of carbonyl (C=O) groups excluding carboxylic acids is 2. The highest BCUT2D eigenvalue weighted by molar-refractivity contribution is 6.08. The second kappa shape index (κ2) is 4.50. The zero-order chi connectivity index (χ0) is 12.4. The highest BCUT2D eigenvalue weighted by Gasteiger charge is 2.08. The van der Waals surface area contributed by atoms with Crippen LogP contribution in [0.3, 0.4) is 0 Å². The number of aryl methyl sites for hydroxylation is 1. The van der Waals surface area contributed by atoms with Gasteiger partial charge in [0.15, 0.2) is 5.78 Å². The van der Waals surface area contributed by atoms with Crippen LogP contribution < -0.4 is 0 Å². The Morgan fingerprint density at radius 2 is 1.71 bits per heavy atom. The molecule has 0 amide bonds. The number of ketones is 2. The standard InChI is InChI=1S/C15H14O2/c1-10-3-4-12-5-6-13(9-14(12)7-10)15(17)8-11(2)16/h3-7,9H,8H2,1-2H3. The SMILES string of the molecule is CC(=O)CC(=O)c1ccc2ccc(C)cc2c1. The van der Waals surface area contributed by atoms with Gasteiger partial charge < -0.3 is 0 Å². The molecule has 0 unspecified atom stereocenters. The van der Waals surface area contributed by atoms with Crippen LogP contribution in [-0.2, 0) is 4.79 Å². The molecule has 2 nitrogen and oxygen atoms in total. The predicted molar refractivity (Wildman–Crippen MR) is 68.3 cm³/mol. The van der Waals surface area contributed by atoms with Crippen LogP contribution in [0.15, 0.2) is 36.4 Å². The Kier molecular flexibility index (Phi) is 3.05. The third kappa shape index (κ3) is 2.59. The lowest BCUT2D eigenvalue weighted by atomic mass is 10.0. The minimum atomic E-state index is -0.110. The molecular formula is C15H14O2. The minimum Gasteiger partial charge on any atom is -0.300 e. The Morgan fingerprint density at radius 1 is 1.00 bits per heavy atom. The molecule has 0 bridgehead atoms. The fraction of sp³-hybridized carbons (Fsp3) is 0.200. The summed E-state index contributed by atoms with van der Waals surface area (Å²) in [4.78, 5) is 22.7. The fourth-order valence-corrected chi connectivity index (χ4v) is 1.87. The first-order valence-corrected chi connectivity index (χ1v) is 5.59. The van der Waals surface area contributed by atoms with Crippen molar-refractivity contribution >= 4 is 22.3 Å². The maximum atomic E-state index is 11.8. The van der Waals surface area contributed by atoms with Crippen LogP contribution in [0.1, 0.15) is 29.3 Å². The maximum absolute atomic E-state index is 11.8. The van der Waals surface area contributed by atoms with Gasteiger partial charge in [0.05, 0.1) is 6.42 Å². The Balaban J connectivity index is 2.43. The van der Waals surface area contributed by atoms with Crippen LogP contribution in [-0.4, -0.2) is 11.6 Å².